The lowest BCUT2D eigenvalue weighted by Crippen LogP contribution is -2.28. The number of aryl methyl sites for hydroxylation is 1. The molecule has 2 N–H and O–H groups in total. The van der Waals surface area contributed by atoms with Crippen molar-refractivity contribution in [2.24, 2.45) is 0 Å². The first kappa shape index (κ1) is 15.9. The molecule has 0 radical (unpaired) electrons. The van der Waals surface area contributed by atoms with Gasteiger partial charge in [0.1, 0.15) is 11.4 Å². The van der Waals surface area contributed by atoms with E-state index in [0.29, 0.717) is 29.5 Å². The summed E-state index contributed by atoms with van der Waals surface area (Å²) in [7, 11) is 1.57. The second-order valence-corrected chi connectivity index (χ2v) is 5.74. The van der Waals surface area contributed by atoms with Crippen molar-refractivity contribution in [2.45, 2.75) is 13.5 Å². The molecule has 0 bridgehead atoms. The van der Waals surface area contributed by atoms with Crippen LogP contribution in [0.25, 0.3) is 5.69 Å². The predicted molar refractivity (Wildman–Crippen MR) is 90.6 cm³/mol. The highest BCUT2D eigenvalue weighted by Gasteiger charge is 2.12. The molecule has 1 aromatic carbocycles. The van der Waals surface area contributed by atoms with E-state index in [9.17, 15) is 4.79 Å². The van der Waals surface area contributed by atoms with E-state index in [1.165, 1.54) is 0 Å². The molecule has 2 amide bonds. The van der Waals surface area contributed by atoms with Gasteiger partial charge in [-0.15, -0.1) is 5.10 Å². The molecule has 0 atom stereocenters. The van der Waals surface area contributed by atoms with Crippen LogP contribution < -0.4 is 15.4 Å². The molecule has 0 unspecified atom stereocenters. The summed E-state index contributed by atoms with van der Waals surface area (Å²) in [6.07, 6.45) is 0. The maximum absolute atomic E-state index is 12.0. The number of urea groups is 1. The number of carbonyl (C=O) groups excluding carboxylic acids is 1. The fraction of sp³-hybridized carbons (Fsp3) is 0.200. The lowest BCUT2D eigenvalue weighted by Gasteiger charge is -2.12. The lowest BCUT2D eigenvalue weighted by atomic mass is 10.2. The summed E-state index contributed by atoms with van der Waals surface area (Å²) in [5.74, 6) is 1.22. The van der Waals surface area contributed by atoms with E-state index in [4.69, 9.17) is 4.74 Å². The van der Waals surface area contributed by atoms with Crippen molar-refractivity contribution >= 4 is 23.1 Å². The fourth-order valence-corrected chi connectivity index (χ4v) is 2.81. The van der Waals surface area contributed by atoms with E-state index in [2.05, 4.69) is 26.2 Å². The van der Waals surface area contributed by atoms with Crippen LogP contribution in [-0.4, -0.2) is 33.3 Å². The Morgan fingerprint density at radius 3 is 2.92 bits per heavy atom. The number of nitrogens with zero attached hydrogens (tertiary/aromatic N) is 4. The summed E-state index contributed by atoms with van der Waals surface area (Å²) >= 11 is 1.59. The standard InChI is InChI=1S/C15H16N6O2S/c1-10-18-19-20-21(10)13-7-12(3-4-14(13)23-2)17-15(22)16-8-11-5-6-24-9-11/h3-7,9H,8H2,1-2H3,(H2,16,17,22). The molecule has 24 heavy (non-hydrogen) atoms. The Kier molecular flexibility index (Phi) is 4.71. The molecule has 124 valence electrons. The summed E-state index contributed by atoms with van der Waals surface area (Å²) in [5, 5.41) is 21.0. The molecule has 3 aromatic rings. The van der Waals surface area contributed by atoms with Crippen molar-refractivity contribution in [3.05, 3.63) is 46.4 Å². The molecule has 3 rings (SSSR count). The third kappa shape index (κ3) is 3.51. The number of methoxy groups -OCH3 is 1. The number of aromatic nitrogens is 4. The molecular formula is C15H16N6O2S. The molecule has 0 spiro atoms. The van der Waals surface area contributed by atoms with Gasteiger partial charge in [0.15, 0.2) is 5.82 Å². The largest absolute Gasteiger partial charge is 0.494 e. The minimum Gasteiger partial charge on any atom is -0.494 e. The summed E-state index contributed by atoms with van der Waals surface area (Å²) in [5.41, 5.74) is 2.33. The van der Waals surface area contributed by atoms with Gasteiger partial charge in [-0.3, -0.25) is 0 Å². The second kappa shape index (κ2) is 7.09. The van der Waals surface area contributed by atoms with E-state index in [0.717, 1.165) is 5.56 Å². The van der Waals surface area contributed by atoms with Gasteiger partial charge in [0.25, 0.3) is 0 Å². The highest BCUT2D eigenvalue weighted by atomic mass is 32.1. The Labute approximate surface area is 142 Å². The molecule has 0 fully saturated rings. The molecule has 0 saturated carbocycles. The topological polar surface area (TPSA) is 94.0 Å². The summed E-state index contributed by atoms with van der Waals surface area (Å²) < 4.78 is 6.89. The van der Waals surface area contributed by atoms with Crippen LogP contribution in [0, 0.1) is 6.92 Å². The predicted octanol–water partition coefficient (Wildman–Crippen LogP) is 2.36. The van der Waals surface area contributed by atoms with Gasteiger partial charge in [0.05, 0.1) is 7.11 Å². The molecular weight excluding hydrogens is 328 g/mol. The van der Waals surface area contributed by atoms with Crippen LogP contribution >= 0.6 is 11.3 Å². The minimum atomic E-state index is -0.286. The number of carbonyl (C=O) groups is 1. The van der Waals surface area contributed by atoms with E-state index < -0.39 is 0 Å². The van der Waals surface area contributed by atoms with Crippen molar-refractivity contribution < 1.29 is 9.53 Å². The fourth-order valence-electron chi connectivity index (χ4n) is 2.14. The van der Waals surface area contributed by atoms with Crippen molar-refractivity contribution in [2.75, 3.05) is 12.4 Å². The van der Waals surface area contributed by atoms with Gasteiger partial charge in [-0.25, -0.2) is 4.79 Å². The molecule has 0 aliphatic heterocycles. The van der Waals surface area contributed by atoms with Crippen LogP contribution in [0.1, 0.15) is 11.4 Å². The van der Waals surface area contributed by atoms with Crippen LogP contribution in [0.5, 0.6) is 5.75 Å². The third-order valence-electron chi connectivity index (χ3n) is 3.32. The van der Waals surface area contributed by atoms with Gasteiger partial charge in [-0.1, -0.05) is 0 Å². The maximum Gasteiger partial charge on any atom is 0.319 e. The van der Waals surface area contributed by atoms with Gasteiger partial charge in [-0.2, -0.15) is 16.0 Å². The van der Waals surface area contributed by atoms with Gasteiger partial charge in [-0.05, 0) is 57.9 Å². The minimum absolute atomic E-state index is 0.286. The van der Waals surface area contributed by atoms with E-state index in [-0.39, 0.29) is 6.03 Å². The number of tetrazole rings is 1. The number of anilines is 1. The normalized spacial score (nSPS) is 10.4. The number of hydrogen-bond donors (Lipinski definition) is 2. The molecule has 2 aromatic heterocycles. The first-order chi connectivity index (χ1) is 11.7. The van der Waals surface area contributed by atoms with E-state index >= 15 is 0 Å². The number of amides is 2. The Balaban J connectivity index is 1.74. The van der Waals surface area contributed by atoms with E-state index in [1.54, 1.807) is 48.3 Å². The van der Waals surface area contributed by atoms with Crippen LogP contribution in [0.2, 0.25) is 0 Å². The van der Waals surface area contributed by atoms with Crippen LogP contribution in [0.15, 0.2) is 35.0 Å². The molecule has 2 heterocycles. The highest BCUT2D eigenvalue weighted by Crippen LogP contribution is 2.26. The first-order valence-electron chi connectivity index (χ1n) is 7.16. The van der Waals surface area contributed by atoms with Crippen molar-refractivity contribution in [1.29, 1.82) is 0 Å². The summed E-state index contributed by atoms with van der Waals surface area (Å²) in [6, 6.07) is 6.95. The highest BCUT2D eigenvalue weighted by molar-refractivity contribution is 7.07. The monoisotopic (exact) mass is 344 g/mol. The number of nitrogens with one attached hydrogen (secondary N) is 2. The summed E-state index contributed by atoms with van der Waals surface area (Å²) in [6.45, 7) is 2.26. The lowest BCUT2D eigenvalue weighted by molar-refractivity contribution is 0.251. The van der Waals surface area contributed by atoms with Gasteiger partial charge >= 0.3 is 6.03 Å². The number of benzene rings is 1. The van der Waals surface area contributed by atoms with Crippen LogP contribution in [0.3, 0.4) is 0 Å². The van der Waals surface area contributed by atoms with Crippen LogP contribution in [0.4, 0.5) is 10.5 Å². The van der Waals surface area contributed by atoms with Gasteiger partial charge in [0, 0.05) is 12.2 Å². The number of hydrogen-bond acceptors (Lipinski definition) is 6. The molecule has 0 saturated heterocycles. The SMILES string of the molecule is COc1ccc(NC(=O)NCc2ccsc2)cc1-n1nnnc1C. The average Bonchev–Trinajstić information content (AvgIpc) is 3.24. The Morgan fingerprint density at radius 2 is 2.25 bits per heavy atom. The number of rotatable bonds is 5. The Morgan fingerprint density at radius 1 is 1.38 bits per heavy atom. The molecule has 9 heteroatoms. The second-order valence-electron chi connectivity index (χ2n) is 4.96. The average molecular weight is 344 g/mol. The smallest absolute Gasteiger partial charge is 0.319 e. The quantitative estimate of drug-likeness (QED) is 0.741. The summed E-state index contributed by atoms with van der Waals surface area (Å²) in [4.78, 5) is 12.0. The first-order valence-corrected chi connectivity index (χ1v) is 8.11. The van der Waals surface area contributed by atoms with Crippen molar-refractivity contribution in [1.82, 2.24) is 25.5 Å². The molecule has 0 aliphatic carbocycles. The zero-order chi connectivity index (χ0) is 16.9. The molecule has 8 nitrogen and oxygen atoms in total. The molecule has 0 aliphatic rings. The number of thiophene rings is 1. The Bertz CT molecular complexity index is 830. The number of ether oxygens (including phenoxy) is 1. The third-order valence-corrected chi connectivity index (χ3v) is 4.06. The van der Waals surface area contributed by atoms with Crippen LogP contribution in [-0.2, 0) is 6.54 Å². The van der Waals surface area contributed by atoms with Gasteiger partial charge < -0.3 is 15.4 Å². The Hall–Kier alpha value is -2.94. The van der Waals surface area contributed by atoms with Crippen molar-refractivity contribution in [3.63, 3.8) is 0 Å². The zero-order valence-corrected chi connectivity index (χ0v) is 14.0. The van der Waals surface area contributed by atoms with Crippen molar-refractivity contribution in [3.8, 4) is 11.4 Å². The van der Waals surface area contributed by atoms with Gasteiger partial charge in [0.2, 0.25) is 0 Å². The maximum atomic E-state index is 12.0. The zero-order valence-electron chi connectivity index (χ0n) is 13.2. The van der Waals surface area contributed by atoms with E-state index in [1.807, 2.05) is 16.8 Å².